The zero-order chi connectivity index (χ0) is 14.4. The number of halogens is 1. The summed E-state index contributed by atoms with van der Waals surface area (Å²) in [6, 6.07) is 7.93. The molecule has 1 heterocycles. The van der Waals surface area contributed by atoms with Gasteiger partial charge in [0.05, 0.1) is 6.61 Å². The number of nitrogen functional groups attached to an aromatic ring is 1. The Morgan fingerprint density at radius 1 is 1.20 bits per heavy atom. The lowest BCUT2D eigenvalue weighted by Gasteiger charge is -2.07. The van der Waals surface area contributed by atoms with Gasteiger partial charge in [-0.25, -0.2) is 0 Å². The normalized spacial score (nSPS) is 10.3. The van der Waals surface area contributed by atoms with Gasteiger partial charge in [-0.1, -0.05) is 23.7 Å². The quantitative estimate of drug-likeness (QED) is 0.849. The van der Waals surface area contributed by atoms with E-state index in [1.807, 2.05) is 31.2 Å². The molecule has 2 rings (SSSR count). The molecule has 106 valence electrons. The monoisotopic (exact) mass is 293 g/mol. The molecule has 20 heavy (non-hydrogen) atoms. The minimum atomic E-state index is 0.137. The third kappa shape index (κ3) is 4.24. The minimum absolute atomic E-state index is 0.137. The van der Waals surface area contributed by atoms with Crippen LogP contribution in [0.3, 0.4) is 0 Å². The molecule has 0 saturated carbocycles. The van der Waals surface area contributed by atoms with Gasteiger partial charge in [0.25, 0.3) is 0 Å². The first-order valence-corrected chi connectivity index (χ1v) is 6.68. The van der Waals surface area contributed by atoms with Crippen LogP contribution in [0.25, 0.3) is 0 Å². The summed E-state index contributed by atoms with van der Waals surface area (Å²) >= 11 is 5.84. The number of aromatic nitrogens is 3. The van der Waals surface area contributed by atoms with Crippen molar-refractivity contribution in [1.29, 1.82) is 0 Å². The van der Waals surface area contributed by atoms with E-state index < -0.39 is 0 Å². The Kier molecular flexibility index (Phi) is 4.95. The molecule has 0 radical (unpaired) electrons. The van der Waals surface area contributed by atoms with Gasteiger partial charge in [0.1, 0.15) is 0 Å². The largest absolute Gasteiger partial charge is 0.464 e. The molecule has 3 N–H and O–H groups in total. The van der Waals surface area contributed by atoms with Crippen molar-refractivity contribution in [1.82, 2.24) is 15.0 Å². The molecule has 6 nitrogen and oxygen atoms in total. The molecular weight excluding hydrogens is 278 g/mol. The van der Waals surface area contributed by atoms with Crippen LogP contribution in [0.4, 0.5) is 11.9 Å². The van der Waals surface area contributed by atoms with Gasteiger partial charge in [-0.3, -0.25) is 0 Å². The maximum Gasteiger partial charge on any atom is 0.323 e. The highest BCUT2D eigenvalue weighted by molar-refractivity contribution is 6.30. The Hall–Kier alpha value is -2.08. The van der Waals surface area contributed by atoms with Gasteiger partial charge in [-0.05, 0) is 31.0 Å². The Morgan fingerprint density at radius 3 is 2.65 bits per heavy atom. The number of anilines is 2. The number of ether oxygens (including phenoxy) is 1. The number of benzene rings is 1. The third-order valence-electron chi connectivity index (χ3n) is 2.52. The Morgan fingerprint density at radius 2 is 1.95 bits per heavy atom. The van der Waals surface area contributed by atoms with E-state index in [0.29, 0.717) is 19.1 Å². The molecule has 0 bridgehead atoms. The molecule has 1 aromatic heterocycles. The fourth-order valence-corrected chi connectivity index (χ4v) is 1.74. The summed E-state index contributed by atoms with van der Waals surface area (Å²) in [5.41, 5.74) is 6.77. The first-order chi connectivity index (χ1) is 9.67. The topological polar surface area (TPSA) is 86.0 Å². The van der Waals surface area contributed by atoms with Crippen LogP contribution in [0.1, 0.15) is 12.5 Å². The lowest BCUT2D eigenvalue weighted by Crippen LogP contribution is -2.11. The second kappa shape index (κ2) is 6.91. The molecule has 0 aliphatic heterocycles. The molecule has 1 aromatic carbocycles. The van der Waals surface area contributed by atoms with Gasteiger partial charge in [-0.15, -0.1) is 0 Å². The van der Waals surface area contributed by atoms with E-state index in [1.54, 1.807) is 0 Å². The number of hydrogen-bond donors (Lipinski definition) is 2. The highest BCUT2D eigenvalue weighted by Crippen LogP contribution is 2.11. The molecule has 0 fully saturated rings. The van der Waals surface area contributed by atoms with Crippen molar-refractivity contribution in [2.24, 2.45) is 0 Å². The Labute approximate surface area is 122 Å². The van der Waals surface area contributed by atoms with Crippen LogP contribution in [-0.4, -0.2) is 28.1 Å². The predicted octanol–water partition coefficient (Wildman–Crippen LogP) is 2.16. The molecular formula is C13H16ClN5O. The Bertz CT molecular complexity index is 561. The van der Waals surface area contributed by atoms with E-state index in [9.17, 15) is 0 Å². The number of rotatable bonds is 6. The SMILES string of the molecule is CCOc1nc(N)nc(NCCc2ccc(Cl)cc2)n1. The highest BCUT2D eigenvalue weighted by atomic mass is 35.5. The summed E-state index contributed by atoms with van der Waals surface area (Å²) in [6.45, 7) is 3.01. The molecule has 0 unspecified atom stereocenters. The Balaban J connectivity index is 1.91. The molecule has 2 aromatic rings. The van der Waals surface area contributed by atoms with E-state index in [4.69, 9.17) is 22.1 Å². The van der Waals surface area contributed by atoms with Crippen molar-refractivity contribution in [2.45, 2.75) is 13.3 Å². The summed E-state index contributed by atoms with van der Waals surface area (Å²) in [6.07, 6.45) is 0.826. The van der Waals surface area contributed by atoms with E-state index in [1.165, 1.54) is 5.56 Å². The van der Waals surface area contributed by atoms with Crippen molar-refractivity contribution in [3.8, 4) is 6.01 Å². The first kappa shape index (κ1) is 14.3. The van der Waals surface area contributed by atoms with Gasteiger partial charge < -0.3 is 15.8 Å². The van der Waals surface area contributed by atoms with E-state index in [2.05, 4.69) is 20.3 Å². The van der Waals surface area contributed by atoms with Crippen molar-refractivity contribution in [2.75, 3.05) is 24.2 Å². The molecule has 0 amide bonds. The van der Waals surface area contributed by atoms with Crippen LogP contribution in [-0.2, 0) is 6.42 Å². The van der Waals surface area contributed by atoms with Crippen molar-refractivity contribution in [3.63, 3.8) is 0 Å². The zero-order valence-corrected chi connectivity index (χ0v) is 11.9. The summed E-state index contributed by atoms with van der Waals surface area (Å²) < 4.78 is 5.21. The van der Waals surface area contributed by atoms with Crippen molar-refractivity contribution in [3.05, 3.63) is 34.9 Å². The summed E-state index contributed by atoms with van der Waals surface area (Å²) in [5, 5.41) is 3.82. The zero-order valence-electron chi connectivity index (χ0n) is 11.1. The minimum Gasteiger partial charge on any atom is -0.464 e. The number of nitrogens with one attached hydrogen (secondary N) is 1. The second-order valence-corrected chi connectivity index (χ2v) is 4.47. The fourth-order valence-electron chi connectivity index (χ4n) is 1.61. The van der Waals surface area contributed by atoms with Crippen LogP contribution in [0.2, 0.25) is 5.02 Å². The van der Waals surface area contributed by atoms with Gasteiger partial charge in [0.2, 0.25) is 11.9 Å². The molecule has 0 atom stereocenters. The molecule has 0 spiro atoms. The third-order valence-corrected chi connectivity index (χ3v) is 2.77. The number of nitrogens with zero attached hydrogens (tertiary/aromatic N) is 3. The first-order valence-electron chi connectivity index (χ1n) is 6.30. The maximum atomic E-state index is 5.84. The summed E-state index contributed by atoms with van der Waals surface area (Å²) in [4.78, 5) is 12.0. The van der Waals surface area contributed by atoms with Crippen LogP contribution in [0, 0.1) is 0 Å². The molecule has 0 aliphatic carbocycles. The standard InChI is InChI=1S/C13H16ClN5O/c1-2-20-13-18-11(15)17-12(19-13)16-8-7-9-3-5-10(14)6-4-9/h3-6H,2,7-8H2,1H3,(H3,15,16,17,18,19). The predicted molar refractivity (Wildman–Crippen MR) is 79.1 cm³/mol. The molecule has 7 heteroatoms. The van der Waals surface area contributed by atoms with Gasteiger partial charge in [-0.2, -0.15) is 15.0 Å². The highest BCUT2D eigenvalue weighted by Gasteiger charge is 2.04. The van der Waals surface area contributed by atoms with Crippen LogP contribution in [0.15, 0.2) is 24.3 Å². The van der Waals surface area contributed by atoms with Gasteiger partial charge in [0, 0.05) is 11.6 Å². The second-order valence-electron chi connectivity index (χ2n) is 4.04. The molecule has 0 saturated heterocycles. The number of nitrogens with two attached hydrogens (primary N) is 1. The van der Waals surface area contributed by atoms with Crippen LogP contribution < -0.4 is 15.8 Å². The van der Waals surface area contributed by atoms with Crippen molar-refractivity contribution >= 4 is 23.5 Å². The van der Waals surface area contributed by atoms with Crippen LogP contribution >= 0.6 is 11.6 Å². The van der Waals surface area contributed by atoms with E-state index >= 15 is 0 Å². The lowest BCUT2D eigenvalue weighted by atomic mass is 10.1. The van der Waals surface area contributed by atoms with Gasteiger partial charge in [0.15, 0.2) is 0 Å². The lowest BCUT2D eigenvalue weighted by molar-refractivity contribution is 0.312. The summed E-state index contributed by atoms with van der Waals surface area (Å²) in [7, 11) is 0. The fraction of sp³-hybridized carbons (Fsp3) is 0.308. The maximum absolute atomic E-state index is 5.84. The van der Waals surface area contributed by atoms with Gasteiger partial charge >= 0.3 is 6.01 Å². The average molecular weight is 294 g/mol. The average Bonchev–Trinajstić information content (AvgIpc) is 2.41. The van der Waals surface area contributed by atoms with E-state index in [0.717, 1.165) is 11.4 Å². The number of hydrogen-bond acceptors (Lipinski definition) is 6. The smallest absolute Gasteiger partial charge is 0.323 e. The van der Waals surface area contributed by atoms with E-state index in [-0.39, 0.29) is 12.0 Å². The van der Waals surface area contributed by atoms with Crippen LogP contribution in [0.5, 0.6) is 6.01 Å². The summed E-state index contributed by atoms with van der Waals surface area (Å²) in [5.74, 6) is 0.548. The molecule has 0 aliphatic rings. The van der Waals surface area contributed by atoms with Crippen molar-refractivity contribution < 1.29 is 4.74 Å².